The van der Waals surface area contributed by atoms with Gasteiger partial charge in [-0.1, -0.05) is 0 Å². The Hall–Kier alpha value is -3.28. The lowest BCUT2D eigenvalue weighted by molar-refractivity contribution is -0.131. The first kappa shape index (κ1) is 23.1. The summed E-state index contributed by atoms with van der Waals surface area (Å²) in [4.78, 5) is 23.3. The summed E-state index contributed by atoms with van der Waals surface area (Å²) in [5.74, 6) is -5.66. The second-order valence-corrected chi connectivity index (χ2v) is 10.1. The summed E-state index contributed by atoms with van der Waals surface area (Å²) in [5, 5.41) is 15.9. The minimum Gasteiger partial charge on any atom is -0.392 e. The maximum Gasteiger partial charge on any atom is 0.272 e. The van der Waals surface area contributed by atoms with Crippen LogP contribution < -0.4 is 0 Å². The Labute approximate surface area is 203 Å². The fourth-order valence-electron chi connectivity index (χ4n) is 5.83. The molecule has 2 bridgehead atoms. The van der Waals surface area contributed by atoms with Crippen LogP contribution in [0.5, 0.6) is 0 Å². The number of aliphatic hydroxyl groups excluding tert-OH is 1. The Morgan fingerprint density at radius 3 is 2.64 bits per heavy atom. The van der Waals surface area contributed by atoms with Crippen LogP contribution in [0.3, 0.4) is 0 Å². The lowest BCUT2D eigenvalue weighted by atomic mass is 9.91. The number of pyridine rings is 1. The molecule has 1 amide bonds. The van der Waals surface area contributed by atoms with Crippen LogP contribution in [-0.2, 0) is 4.79 Å². The number of aliphatic hydroxyl groups is 1. The fraction of sp³-hybridized carbons (Fsp3) is 0.500. The van der Waals surface area contributed by atoms with Crippen LogP contribution in [0.4, 0.5) is 17.6 Å². The van der Waals surface area contributed by atoms with Gasteiger partial charge in [-0.25, -0.2) is 22.5 Å². The number of amides is 1. The Kier molecular flexibility index (Phi) is 5.22. The lowest BCUT2D eigenvalue weighted by Gasteiger charge is -2.36. The molecule has 2 aromatic rings. The molecule has 0 aromatic carbocycles. The molecule has 0 spiro atoms. The van der Waals surface area contributed by atoms with Crippen molar-refractivity contribution in [1.82, 2.24) is 19.3 Å². The molecular formula is C24H24F4N6O2. The van der Waals surface area contributed by atoms with Gasteiger partial charge in [0.25, 0.3) is 11.8 Å². The molecule has 5 heterocycles. The second-order valence-electron chi connectivity index (χ2n) is 10.1. The van der Waals surface area contributed by atoms with Crippen LogP contribution >= 0.6 is 0 Å². The molecule has 190 valence electrons. The van der Waals surface area contributed by atoms with Gasteiger partial charge in [-0.15, -0.1) is 0 Å². The van der Waals surface area contributed by atoms with Gasteiger partial charge >= 0.3 is 0 Å². The van der Waals surface area contributed by atoms with Crippen molar-refractivity contribution < 1.29 is 27.5 Å². The molecule has 6 rings (SSSR count). The number of imidazole rings is 1. The first-order chi connectivity index (χ1) is 17.1. The lowest BCUT2D eigenvalue weighted by Crippen LogP contribution is -2.48. The summed E-state index contributed by atoms with van der Waals surface area (Å²) in [6.45, 7) is 0.906. The molecule has 2 aromatic heterocycles. The van der Waals surface area contributed by atoms with E-state index in [4.69, 9.17) is 0 Å². The molecule has 3 aliphatic heterocycles. The largest absolute Gasteiger partial charge is 0.392 e. The van der Waals surface area contributed by atoms with E-state index in [1.165, 1.54) is 27.9 Å². The number of aromatic nitrogens is 2. The molecule has 2 fully saturated rings. The monoisotopic (exact) mass is 504 g/mol. The third-order valence-corrected chi connectivity index (χ3v) is 7.49. The highest BCUT2D eigenvalue weighted by molar-refractivity contribution is 6.12. The van der Waals surface area contributed by atoms with Crippen molar-refractivity contribution in [1.29, 1.82) is 0 Å². The third-order valence-electron chi connectivity index (χ3n) is 7.49. The second kappa shape index (κ2) is 8.12. The van der Waals surface area contributed by atoms with E-state index < -0.39 is 42.2 Å². The molecule has 12 heteroatoms. The Bertz CT molecular complexity index is 1320. The van der Waals surface area contributed by atoms with Crippen molar-refractivity contribution in [2.75, 3.05) is 19.6 Å². The molecule has 4 unspecified atom stereocenters. The van der Waals surface area contributed by atoms with Gasteiger partial charge in [0.1, 0.15) is 18.1 Å². The molecular weight excluding hydrogens is 480 g/mol. The molecule has 0 radical (unpaired) electrons. The summed E-state index contributed by atoms with van der Waals surface area (Å²) in [5.41, 5.74) is 0.526. The molecule has 1 saturated heterocycles. The van der Waals surface area contributed by atoms with Crippen molar-refractivity contribution in [3.63, 3.8) is 0 Å². The zero-order valence-corrected chi connectivity index (χ0v) is 19.4. The van der Waals surface area contributed by atoms with E-state index in [1.54, 1.807) is 4.90 Å². The number of carbonyl (C=O) groups is 1. The van der Waals surface area contributed by atoms with Gasteiger partial charge in [-0.05, 0) is 18.9 Å². The van der Waals surface area contributed by atoms with Gasteiger partial charge in [-0.3, -0.25) is 19.2 Å². The predicted molar refractivity (Wildman–Crippen MR) is 122 cm³/mol. The Balaban J connectivity index is 1.33. The van der Waals surface area contributed by atoms with E-state index in [-0.39, 0.29) is 40.5 Å². The number of likely N-dealkylation sites (tertiary alicyclic amines) is 1. The molecule has 4 aliphatic rings. The Morgan fingerprint density at radius 1 is 1.22 bits per heavy atom. The summed E-state index contributed by atoms with van der Waals surface area (Å²) < 4.78 is 57.5. The van der Waals surface area contributed by atoms with Crippen LogP contribution in [-0.4, -0.2) is 79.9 Å². The molecule has 1 aliphatic carbocycles. The zero-order chi connectivity index (χ0) is 25.4. The smallest absolute Gasteiger partial charge is 0.272 e. The van der Waals surface area contributed by atoms with Crippen LogP contribution in [0.2, 0.25) is 0 Å². The fourth-order valence-corrected chi connectivity index (χ4v) is 5.83. The van der Waals surface area contributed by atoms with E-state index in [2.05, 4.69) is 15.1 Å². The SMILES string of the molecule is CC(F)(F)CN1N=C(c2cnc3c(F)cc(F)cn23)C2C=NC(C(=O)N3CC4CCC(C3)C4O)=CC21. The number of fused-ring (bicyclic) bond motifs is 4. The predicted octanol–water partition coefficient (Wildman–Crippen LogP) is 2.47. The van der Waals surface area contributed by atoms with Gasteiger partial charge in [-0.2, -0.15) is 5.10 Å². The summed E-state index contributed by atoms with van der Waals surface area (Å²) >= 11 is 0. The molecule has 8 nitrogen and oxygen atoms in total. The first-order valence-electron chi connectivity index (χ1n) is 11.9. The number of piperidine rings is 1. The molecule has 1 N–H and O–H groups in total. The maximum absolute atomic E-state index is 14.2. The van der Waals surface area contributed by atoms with Gasteiger partial charge in [0.05, 0.1) is 35.7 Å². The minimum atomic E-state index is -3.09. The number of hydrazone groups is 1. The number of aliphatic imine (C=N–C) groups is 1. The van der Waals surface area contributed by atoms with Crippen molar-refractivity contribution in [3.8, 4) is 0 Å². The highest BCUT2D eigenvalue weighted by Gasteiger charge is 2.45. The molecule has 1 saturated carbocycles. The molecule has 4 atom stereocenters. The number of alkyl halides is 2. The van der Waals surface area contributed by atoms with E-state index in [0.29, 0.717) is 19.2 Å². The van der Waals surface area contributed by atoms with E-state index >= 15 is 0 Å². The normalized spacial score (nSPS) is 29.6. The molecule has 36 heavy (non-hydrogen) atoms. The van der Waals surface area contributed by atoms with Crippen molar-refractivity contribution in [2.24, 2.45) is 27.8 Å². The van der Waals surface area contributed by atoms with Crippen LogP contribution in [0.25, 0.3) is 5.65 Å². The average Bonchev–Trinajstić information content (AvgIpc) is 3.42. The quantitative estimate of drug-likeness (QED) is 0.649. The van der Waals surface area contributed by atoms with E-state index in [1.807, 2.05) is 0 Å². The summed E-state index contributed by atoms with van der Waals surface area (Å²) in [7, 11) is 0. The number of carbonyl (C=O) groups excluding carboxylic acids is 1. The maximum atomic E-state index is 14.2. The van der Waals surface area contributed by atoms with Crippen molar-refractivity contribution in [2.45, 2.75) is 37.8 Å². The van der Waals surface area contributed by atoms with Crippen LogP contribution in [0.15, 0.2) is 40.3 Å². The van der Waals surface area contributed by atoms with Gasteiger partial charge in [0, 0.05) is 50.3 Å². The van der Waals surface area contributed by atoms with E-state index in [0.717, 1.165) is 26.0 Å². The zero-order valence-electron chi connectivity index (χ0n) is 19.4. The summed E-state index contributed by atoms with van der Waals surface area (Å²) in [6, 6.07) is -0.0256. The highest BCUT2D eigenvalue weighted by atomic mass is 19.3. The number of rotatable bonds is 4. The third kappa shape index (κ3) is 3.78. The van der Waals surface area contributed by atoms with Gasteiger partial charge in [0.15, 0.2) is 11.5 Å². The van der Waals surface area contributed by atoms with Crippen LogP contribution in [0.1, 0.15) is 25.5 Å². The first-order valence-corrected chi connectivity index (χ1v) is 11.9. The summed E-state index contributed by atoms with van der Waals surface area (Å²) in [6.07, 6.45) is 6.70. The van der Waals surface area contributed by atoms with Gasteiger partial charge in [0.2, 0.25) is 0 Å². The topological polar surface area (TPSA) is 85.8 Å². The number of nitrogens with zero attached hydrogens (tertiary/aromatic N) is 6. The Morgan fingerprint density at radius 2 is 1.94 bits per heavy atom. The number of hydrogen-bond acceptors (Lipinski definition) is 6. The average molecular weight is 504 g/mol. The van der Waals surface area contributed by atoms with Crippen molar-refractivity contribution >= 4 is 23.5 Å². The van der Waals surface area contributed by atoms with Gasteiger partial charge < -0.3 is 10.0 Å². The standard InChI is InChI=1S/C24H24F4N6O2/c1-24(27,28)11-34-18-5-17(23(36)32-8-12-2-3-13(9-32)21(12)35)29-6-15(18)20(31-34)19-7-30-22-16(26)4-14(25)10-33(19)22/h4-7,10,12-13,15,18,21,35H,2-3,8-9,11H2,1H3. The van der Waals surface area contributed by atoms with Crippen molar-refractivity contribution in [3.05, 3.63) is 47.6 Å². The van der Waals surface area contributed by atoms with Crippen LogP contribution in [0, 0.1) is 29.4 Å². The van der Waals surface area contributed by atoms with E-state index in [9.17, 15) is 27.5 Å². The minimum absolute atomic E-state index is 0.0289. The highest BCUT2D eigenvalue weighted by Crippen LogP contribution is 2.38. The number of halogens is 4. The number of hydrogen-bond donors (Lipinski definition) is 1.